The number of aliphatic hydroxyl groups excluding tert-OH is 1. The Morgan fingerprint density at radius 1 is 1.00 bits per heavy atom. The number of amides is 2. The maximum atomic E-state index is 13.1. The quantitative estimate of drug-likeness (QED) is 0.292. The van der Waals surface area contributed by atoms with E-state index in [1.54, 1.807) is 36.0 Å². The van der Waals surface area contributed by atoms with E-state index in [9.17, 15) is 27.9 Å². The fraction of sp³-hybridized carbons (Fsp3) is 0.375. The van der Waals surface area contributed by atoms with Crippen molar-refractivity contribution in [2.24, 2.45) is 5.92 Å². The van der Waals surface area contributed by atoms with Crippen molar-refractivity contribution < 1.29 is 37.3 Å². The number of aliphatic hydroxyl groups is 1. The topological polar surface area (TPSA) is 88.1 Å². The number of ether oxygens (including phenoxy) is 2. The van der Waals surface area contributed by atoms with Crippen LogP contribution in [0.15, 0.2) is 83.8 Å². The molecule has 43 heavy (non-hydrogen) atoms. The van der Waals surface area contributed by atoms with Crippen molar-refractivity contribution >= 4 is 29.3 Å². The molecule has 0 spiro atoms. The first kappa shape index (κ1) is 31.1. The second kappa shape index (κ2) is 13.5. The van der Waals surface area contributed by atoms with Crippen LogP contribution in [0.1, 0.15) is 48.8 Å². The van der Waals surface area contributed by atoms with E-state index >= 15 is 0 Å². The number of alkyl halides is 3. The van der Waals surface area contributed by atoms with Crippen LogP contribution >= 0.6 is 11.8 Å². The number of thioether (sulfide) groups is 1. The highest BCUT2D eigenvalue weighted by Crippen LogP contribution is 2.43. The van der Waals surface area contributed by atoms with Crippen molar-refractivity contribution in [2.75, 3.05) is 17.6 Å². The average Bonchev–Trinajstić information content (AvgIpc) is 3.50. The summed E-state index contributed by atoms with van der Waals surface area (Å²) in [7, 11) is 0. The van der Waals surface area contributed by atoms with Crippen LogP contribution in [-0.4, -0.2) is 52.4 Å². The third-order valence-corrected chi connectivity index (χ3v) is 8.87. The van der Waals surface area contributed by atoms with E-state index in [2.05, 4.69) is 12.2 Å². The summed E-state index contributed by atoms with van der Waals surface area (Å²) in [6.45, 7) is 1.88. The van der Waals surface area contributed by atoms with E-state index in [1.165, 1.54) is 0 Å². The van der Waals surface area contributed by atoms with Gasteiger partial charge in [-0.05, 0) is 48.2 Å². The summed E-state index contributed by atoms with van der Waals surface area (Å²) in [4.78, 5) is 26.5. The molecule has 7 nitrogen and oxygen atoms in total. The highest BCUT2D eigenvalue weighted by Gasteiger charge is 2.47. The molecule has 5 atom stereocenters. The molecular weight excluding hydrogens is 581 g/mol. The fourth-order valence-corrected chi connectivity index (χ4v) is 6.53. The lowest BCUT2D eigenvalue weighted by atomic mass is 9.91. The van der Waals surface area contributed by atoms with Crippen molar-refractivity contribution in [3.8, 4) is 0 Å². The zero-order chi connectivity index (χ0) is 30.6. The summed E-state index contributed by atoms with van der Waals surface area (Å²) in [6, 6.07) is 23.2. The van der Waals surface area contributed by atoms with Crippen LogP contribution in [0.25, 0.3) is 0 Å². The van der Waals surface area contributed by atoms with E-state index < -0.39 is 30.3 Å². The normalized spacial score (nSPS) is 24.1. The van der Waals surface area contributed by atoms with Gasteiger partial charge in [-0.2, -0.15) is 13.2 Å². The van der Waals surface area contributed by atoms with Gasteiger partial charge in [-0.3, -0.25) is 9.59 Å². The fourth-order valence-electron chi connectivity index (χ4n) is 5.44. The summed E-state index contributed by atoms with van der Waals surface area (Å²) >= 11 is 1.68. The van der Waals surface area contributed by atoms with Gasteiger partial charge in [0.1, 0.15) is 6.04 Å². The standard InChI is InChI=1S/C32H33F3N2O5S/c1-20-27(19-43-25-9-3-2-4-10-25)41-30(42-28(20)22-14-12-21(18-38)13-15-22)23-7-5-8-24(17-23)36-29(39)26-11-6-16-37(26)31(40)32(33,34)35/h2-5,7-10,12-15,17,20,26-28,30,38H,6,11,16,18-19H2,1H3,(H,36,39)/t20-,26+,27+,28+,30+/m1/s1. The van der Waals surface area contributed by atoms with Gasteiger partial charge in [0.25, 0.3) is 0 Å². The number of nitrogens with zero attached hydrogens (tertiary/aromatic N) is 1. The van der Waals surface area contributed by atoms with Crippen molar-refractivity contribution in [2.45, 2.75) is 62.0 Å². The van der Waals surface area contributed by atoms with Crippen molar-refractivity contribution in [3.05, 3.63) is 95.6 Å². The number of anilines is 1. The van der Waals surface area contributed by atoms with Gasteiger partial charge in [-0.1, -0.05) is 61.5 Å². The Morgan fingerprint density at radius 2 is 1.74 bits per heavy atom. The van der Waals surface area contributed by atoms with Gasteiger partial charge in [0.2, 0.25) is 5.91 Å². The van der Waals surface area contributed by atoms with Crippen LogP contribution < -0.4 is 5.32 Å². The smallest absolute Gasteiger partial charge is 0.392 e. The van der Waals surface area contributed by atoms with E-state index in [-0.39, 0.29) is 37.7 Å². The largest absolute Gasteiger partial charge is 0.471 e. The number of rotatable bonds is 8. The molecule has 2 aliphatic heterocycles. The van der Waals surface area contributed by atoms with E-state index in [0.29, 0.717) is 28.3 Å². The summed E-state index contributed by atoms with van der Waals surface area (Å²) in [6.07, 6.45) is -5.90. The summed E-state index contributed by atoms with van der Waals surface area (Å²) in [5, 5.41) is 12.2. The Balaban J connectivity index is 1.35. The van der Waals surface area contributed by atoms with Crippen molar-refractivity contribution in [1.82, 2.24) is 4.90 Å². The van der Waals surface area contributed by atoms with Gasteiger partial charge >= 0.3 is 12.1 Å². The maximum Gasteiger partial charge on any atom is 0.471 e. The first-order valence-corrected chi connectivity index (χ1v) is 15.1. The number of carbonyl (C=O) groups is 2. The molecule has 3 aromatic rings. The maximum absolute atomic E-state index is 13.1. The Labute approximate surface area is 252 Å². The Kier molecular flexibility index (Phi) is 9.75. The Hall–Kier alpha value is -3.38. The van der Waals surface area contributed by atoms with Gasteiger partial charge < -0.3 is 24.8 Å². The average molecular weight is 615 g/mol. The van der Waals surface area contributed by atoms with E-state index in [4.69, 9.17) is 9.47 Å². The van der Waals surface area contributed by atoms with Crippen LogP contribution in [0.3, 0.4) is 0 Å². The molecule has 0 aromatic heterocycles. The minimum absolute atomic E-state index is 0.0187. The molecule has 228 valence electrons. The first-order valence-electron chi connectivity index (χ1n) is 14.1. The number of hydrogen-bond donors (Lipinski definition) is 2. The minimum atomic E-state index is -5.04. The highest BCUT2D eigenvalue weighted by molar-refractivity contribution is 7.99. The van der Waals surface area contributed by atoms with Crippen molar-refractivity contribution in [1.29, 1.82) is 0 Å². The van der Waals surface area contributed by atoms with Crippen LogP contribution in [-0.2, 0) is 25.7 Å². The number of nitrogens with one attached hydrogen (secondary N) is 1. The van der Waals surface area contributed by atoms with Crippen LogP contribution in [0.2, 0.25) is 0 Å². The zero-order valence-corrected chi connectivity index (χ0v) is 24.3. The zero-order valence-electron chi connectivity index (χ0n) is 23.5. The molecule has 11 heteroatoms. The Morgan fingerprint density at radius 3 is 2.44 bits per heavy atom. The Bertz CT molecular complexity index is 1410. The number of likely N-dealkylation sites (tertiary alicyclic amines) is 1. The molecule has 2 aliphatic rings. The lowest BCUT2D eigenvalue weighted by Gasteiger charge is -2.41. The SMILES string of the molecule is C[C@@H]1[C@H](CSc2ccccc2)O[C@H](c2cccc(NC(=O)[C@@H]3CCCN3C(=O)C(F)(F)F)c2)O[C@@H]1c1ccc(CO)cc1. The first-order chi connectivity index (χ1) is 20.6. The third-order valence-electron chi connectivity index (χ3n) is 7.77. The molecule has 2 saturated heterocycles. The molecule has 2 N–H and O–H groups in total. The molecule has 0 aliphatic carbocycles. The highest BCUT2D eigenvalue weighted by atomic mass is 32.2. The van der Waals surface area contributed by atoms with Gasteiger partial charge in [0, 0.05) is 34.4 Å². The summed E-state index contributed by atoms with van der Waals surface area (Å²) < 4.78 is 52.2. The summed E-state index contributed by atoms with van der Waals surface area (Å²) in [5.74, 6) is -2.04. The molecule has 5 rings (SSSR count). The van der Waals surface area contributed by atoms with Crippen LogP contribution in [0.4, 0.5) is 18.9 Å². The molecular formula is C32H33F3N2O5S. The number of benzene rings is 3. The molecule has 2 heterocycles. The van der Waals surface area contributed by atoms with Crippen molar-refractivity contribution in [3.63, 3.8) is 0 Å². The van der Waals surface area contributed by atoms with Crippen LogP contribution in [0.5, 0.6) is 0 Å². The number of halogens is 3. The number of hydrogen-bond acceptors (Lipinski definition) is 6. The third kappa shape index (κ3) is 7.41. The second-order valence-electron chi connectivity index (χ2n) is 10.7. The molecule has 0 saturated carbocycles. The van der Waals surface area contributed by atoms with Gasteiger partial charge in [-0.15, -0.1) is 11.8 Å². The molecule has 0 unspecified atom stereocenters. The molecule has 3 aromatic carbocycles. The van der Waals surface area contributed by atoms with Gasteiger partial charge in [0.05, 0.1) is 18.8 Å². The lowest BCUT2D eigenvalue weighted by molar-refractivity contribution is -0.268. The van der Waals surface area contributed by atoms with Crippen LogP contribution in [0, 0.1) is 5.92 Å². The second-order valence-corrected chi connectivity index (χ2v) is 11.8. The minimum Gasteiger partial charge on any atom is -0.392 e. The van der Waals surface area contributed by atoms with Gasteiger partial charge in [0.15, 0.2) is 6.29 Å². The number of carbonyl (C=O) groups excluding carboxylic acids is 2. The summed E-state index contributed by atoms with van der Waals surface area (Å²) in [5.41, 5.74) is 2.72. The predicted octanol–water partition coefficient (Wildman–Crippen LogP) is 6.25. The molecule has 2 fully saturated rings. The lowest BCUT2D eigenvalue weighted by Crippen LogP contribution is -2.48. The monoisotopic (exact) mass is 614 g/mol. The molecule has 0 radical (unpaired) electrons. The van der Waals surface area contributed by atoms with E-state index in [1.807, 2.05) is 54.6 Å². The molecule has 0 bridgehead atoms. The predicted molar refractivity (Wildman–Crippen MR) is 156 cm³/mol. The molecule has 2 amide bonds. The van der Waals surface area contributed by atoms with Gasteiger partial charge in [-0.25, -0.2) is 0 Å². The van der Waals surface area contributed by atoms with E-state index in [0.717, 1.165) is 16.0 Å².